The van der Waals surface area contributed by atoms with E-state index in [2.05, 4.69) is 42.8 Å². The first-order chi connectivity index (χ1) is 26.5. The van der Waals surface area contributed by atoms with Gasteiger partial charge in [0, 0.05) is 45.1 Å². The smallest absolute Gasteiger partial charge is 0.306 e. The molecule has 320 valence electrons. The van der Waals surface area contributed by atoms with Gasteiger partial charge in [0.1, 0.15) is 0 Å². The number of hydrogen-bond donors (Lipinski definition) is 2. The molecule has 7 heteroatoms. The molecular weight excluding hydrogens is 671 g/mol. The van der Waals surface area contributed by atoms with Crippen molar-refractivity contribution in [3.05, 3.63) is 0 Å². The van der Waals surface area contributed by atoms with Crippen LogP contribution in [0.2, 0.25) is 0 Å². The molecule has 1 amide bonds. The number of aliphatic hydroxyl groups excluding tert-OH is 1. The van der Waals surface area contributed by atoms with Crippen LogP contribution in [0.15, 0.2) is 0 Å². The van der Waals surface area contributed by atoms with Crippen molar-refractivity contribution in [3.8, 4) is 0 Å². The van der Waals surface area contributed by atoms with Crippen LogP contribution >= 0.6 is 0 Å². The highest BCUT2D eigenvalue weighted by Gasteiger charge is 2.28. The van der Waals surface area contributed by atoms with Crippen molar-refractivity contribution in [1.29, 1.82) is 0 Å². The Balaban J connectivity index is 2.41. The number of nitrogens with zero attached hydrogens (tertiary/aromatic N) is 2. The zero-order valence-corrected chi connectivity index (χ0v) is 36.7. The Kier molecular flexibility index (Phi) is 35.2. The van der Waals surface area contributed by atoms with E-state index in [4.69, 9.17) is 4.74 Å². The van der Waals surface area contributed by atoms with E-state index in [1.54, 1.807) is 0 Å². The summed E-state index contributed by atoms with van der Waals surface area (Å²) in [5, 5.41) is 12.9. The molecule has 1 aliphatic carbocycles. The van der Waals surface area contributed by atoms with E-state index in [0.717, 1.165) is 77.8 Å². The van der Waals surface area contributed by atoms with Gasteiger partial charge in [0.2, 0.25) is 5.91 Å². The maximum Gasteiger partial charge on any atom is 0.306 e. The van der Waals surface area contributed by atoms with E-state index in [0.29, 0.717) is 37.3 Å². The SMILES string of the molecule is CCCCCCC(CCCCCC)CC(=O)NCCCCCN(CCCCCOC(=O)CC(CCCCCC)CCCCCC)CCN(CCO)C1CC1. The highest BCUT2D eigenvalue weighted by molar-refractivity contribution is 5.76. The number of amides is 1. The topological polar surface area (TPSA) is 82.1 Å². The fourth-order valence-corrected chi connectivity index (χ4v) is 8.08. The largest absolute Gasteiger partial charge is 0.466 e. The van der Waals surface area contributed by atoms with Gasteiger partial charge in [-0.3, -0.25) is 14.5 Å². The number of rotatable bonds is 42. The van der Waals surface area contributed by atoms with Crippen molar-refractivity contribution in [2.45, 2.75) is 226 Å². The van der Waals surface area contributed by atoms with Crippen LogP contribution in [0.4, 0.5) is 0 Å². The monoisotopic (exact) mass is 764 g/mol. The van der Waals surface area contributed by atoms with Gasteiger partial charge in [-0.15, -0.1) is 0 Å². The molecule has 0 heterocycles. The molecule has 0 aromatic heterocycles. The lowest BCUT2D eigenvalue weighted by Gasteiger charge is -2.27. The van der Waals surface area contributed by atoms with Gasteiger partial charge in [0.15, 0.2) is 0 Å². The predicted molar refractivity (Wildman–Crippen MR) is 231 cm³/mol. The molecule has 1 rings (SSSR count). The Hall–Kier alpha value is -1.18. The number of carbonyl (C=O) groups excluding carboxylic acids is 2. The van der Waals surface area contributed by atoms with Gasteiger partial charge in [-0.2, -0.15) is 0 Å². The van der Waals surface area contributed by atoms with Crippen LogP contribution in [0.3, 0.4) is 0 Å². The molecule has 1 fully saturated rings. The van der Waals surface area contributed by atoms with Crippen LogP contribution in [0.5, 0.6) is 0 Å². The average Bonchev–Trinajstić information content (AvgIpc) is 4.01. The Bertz CT molecular complexity index is 760. The number of unbranched alkanes of at least 4 members (excludes halogenated alkanes) is 16. The molecule has 0 spiro atoms. The Morgan fingerprint density at radius 3 is 1.54 bits per heavy atom. The lowest BCUT2D eigenvalue weighted by atomic mass is 9.91. The summed E-state index contributed by atoms with van der Waals surface area (Å²) >= 11 is 0. The Labute approximate surface area is 336 Å². The summed E-state index contributed by atoms with van der Waals surface area (Å²) in [5.74, 6) is 1.30. The van der Waals surface area contributed by atoms with Gasteiger partial charge in [0.05, 0.1) is 13.2 Å². The molecular formula is C47H93N3O4. The molecule has 0 aliphatic heterocycles. The second kappa shape index (κ2) is 37.4. The zero-order valence-electron chi connectivity index (χ0n) is 36.7. The highest BCUT2D eigenvalue weighted by Crippen LogP contribution is 2.26. The quantitative estimate of drug-likeness (QED) is 0.0476. The number of nitrogens with one attached hydrogen (secondary N) is 1. The van der Waals surface area contributed by atoms with Crippen LogP contribution < -0.4 is 5.32 Å². The number of ether oxygens (including phenoxy) is 1. The van der Waals surface area contributed by atoms with E-state index in [1.807, 2.05) is 0 Å². The lowest BCUT2D eigenvalue weighted by molar-refractivity contribution is -0.145. The van der Waals surface area contributed by atoms with Crippen LogP contribution in [0.25, 0.3) is 0 Å². The minimum atomic E-state index is 0.0116. The third-order valence-corrected chi connectivity index (χ3v) is 11.8. The van der Waals surface area contributed by atoms with Crippen LogP contribution in [-0.2, 0) is 14.3 Å². The summed E-state index contributed by atoms with van der Waals surface area (Å²) in [4.78, 5) is 30.7. The van der Waals surface area contributed by atoms with Crippen molar-refractivity contribution in [2.24, 2.45) is 11.8 Å². The van der Waals surface area contributed by atoms with Crippen molar-refractivity contribution >= 4 is 11.9 Å². The number of carbonyl (C=O) groups is 2. The van der Waals surface area contributed by atoms with Gasteiger partial charge < -0.3 is 20.1 Å². The molecule has 7 nitrogen and oxygen atoms in total. The van der Waals surface area contributed by atoms with Gasteiger partial charge >= 0.3 is 5.97 Å². The fourth-order valence-electron chi connectivity index (χ4n) is 8.08. The van der Waals surface area contributed by atoms with E-state index < -0.39 is 0 Å². The van der Waals surface area contributed by atoms with Gasteiger partial charge in [-0.25, -0.2) is 0 Å². The summed E-state index contributed by atoms with van der Waals surface area (Å²) in [7, 11) is 0. The molecule has 0 bridgehead atoms. The first-order valence-corrected chi connectivity index (χ1v) is 24.0. The maximum atomic E-state index is 12.9. The minimum absolute atomic E-state index is 0.0116. The number of esters is 1. The van der Waals surface area contributed by atoms with Crippen LogP contribution in [0.1, 0.15) is 220 Å². The first kappa shape index (κ1) is 50.8. The first-order valence-electron chi connectivity index (χ1n) is 24.0. The second-order valence-electron chi connectivity index (χ2n) is 17.1. The van der Waals surface area contributed by atoms with E-state index in [-0.39, 0.29) is 18.5 Å². The lowest BCUT2D eigenvalue weighted by Crippen LogP contribution is -2.38. The molecule has 0 radical (unpaired) electrons. The second-order valence-corrected chi connectivity index (χ2v) is 17.1. The molecule has 1 aliphatic rings. The zero-order chi connectivity index (χ0) is 39.3. The Morgan fingerprint density at radius 1 is 0.574 bits per heavy atom. The molecule has 54 heavy (non-hydrogen) atoms. The third kappa shape index (κ3) is 31.0. The average molecular weight is 764 g/mol. The minimum Gasteiger partial charge on any atom is -0.466 e. The van der Waals surface area contributed by atoms with Crippen molar-refractivity contribution in [2.75, 3.05) is 52.5 Å². The summed E-state index contributed by atoms with van der Waals surface area (Å²) in [5.41, 5.74) is 0. The molecule has 0 aromatic rings. The van der Waals surface area contributed by atoms with Crippen molar-refractivity contribution in [3.63, 3.8) is 0 Å². The van der Waals surface area contributed by atoms with Crippen molar-refractivity contribution in [1.82, 2.24) is 15.1 Å². The van der Waals surface area contributed by atoms with Crippen molar-refractivity contribution < 1.29 is 19.4 Å². The standard InChI is InChI=1S/C47H93N3O4/c1-5-9-13-19-27-43(28-20-14-10-6-2)41-46(52)48-33-23-17-24-34-49(36-37-50(38-39-51)45-31-32-45)35-25-18-26-40-54-47(53)42-44(29-21-15-11-7-3)30-22-16-12-8-4/h43-45,51H,5-42H2,1-4H3,(H,48,52). The van der Waals surface area contributed by atoms with Gasteiger partial charge in [-0.1, -0.05) is 137 Å². The number of aliphatic hydroxyl groups is 1. The third-order valence-electron chi connectivity index (χ3n) is 11.8. The van der Waals surface area contributed by atoms with E-state index >= 15 is 0 Å². The molecule has 0 aromatic carbocycles. The highest BCUT2D eigenvalue weighted by atomic mass is 16.5. The Morgan fingerprint density at radius 2 is 1.06 bits per heavy atom. The summed E-state index contributed by atoms with van der Waals surface area (Å²) in [6.45, 7) is 15.6. The van der Waals surface area contributed by atoms with E-state index in [9.17, 15) is 14.7 Å². The van der Waals surface area contributed by atoms with Gasteiger partial charge in [0.25, 0.3) is 0 Å². The van der Waals surface area contributed by atoms with Crippen LogP contribution in [0, 0.1) is 11.8 Å². The summed E-state index contributed by atoms with van der Waals surface area (Å²) in [6, 6.07) is 0.664. The molecule has 0 atom stereocenters. The van der Waals surface area contributed by atoms with Crippen LogP contribution in [-0.4, -0.2) is 85.3 Å². The fraction of sp³-hybridized carbons (Fsp3) is 0.957. The molecule has 2 N–H and O–H groups in total. The molecule has 0 saturated heterocycles. The number of hydrogen-bond acceptors (Lipinski definition) is 6. The van der Waals surface area contributed by atoms with E-state index in [1.165, 1.54) is 141 Å². The van der Waals surface area contributed by atoms with Gasteiger partial charge in [-0.05, 0) is 95.6 Å². The predicted octanol–water partition coefficient (Wildman–Crippen LogP) is 11.6. The normalized spacial score (nSPS) is 13.2. The summed E-state index contributed by atoms with van der Waals surface area (Å²) in [6.07, 6.45) is 35.4. The molecule has 0 unspecified atom stereocenters. The maximum absolute atomic E-state index is 12.9. The summed E-state index contributed by atoms with van der Waals surface area (Å²) < 4.78 is 5.75. The molecule has 1 saturated carbocycles.